The first-order valence-electron chi connectivity index (χ1n) is 21.5. The van der Waals surface area contributed by atoms with E-state index in [9.17, 15) is 14.4 Å². The highest BCUT2D eigenvalue weighted by atomic mass is 16.5. The molecule has 9 aromatic rings. The van der Waals surface area contributed by atoms with Crippen molar-refractivity contribution in [3.63, 3.8) is 0 Å². The summed E-state index contributed by atoms with van der Waals surface area (Å²) in [5, 5.41) is 25.9. The Kier molecular flexibility index (Phi) is 14.0. The fourth-order valence-corrected chi connectivity index (χ4v) is 7.02. The van der Waals surface area contributed by atoms with Gasteiger partial charge >= 0.3 is 0 Å². The van der Waals surface area contributed by atoms with E-state index in [0.29, 0.717) is 69.8 Å². The minimum absolute atomic E-state index is 0.00425. The van der Waals surface area contributed by atoms with Crippen LogP contribution in [0.25, 0.3) is 34.3 Å². The lowest BCUT2D eigenvalue weighted by atomic mass is 10.1. The first-order valence-corrected chi connectivity index (χ1v) is 21.5. The Labute approximate surface area is 402 Å². The smallest absolute Gasteiger partial charge is 0.223 e. The van der Waals surface area contributed by atoms with Crippen LogP contribution in [0.3, 0.4) is 0 Å². The van der Waals surface area contributed by atoms with Gasteiger partial charge in [-0.2, -0.15) is 15.4 Å². The number of carbonyl (C=O) groups is 3. The van der Waals surface area contributed by atoms with Gasteiger partial charge in [-0.05, 0) is 42.0 Å². The molecule has 0 aromatic carbocycles. The minimum Gasteiger partial charge on any atom is -0.486 e. The van der Waals surface area contributed by atoms with Crippen molar-refractivity contribution in [1.29, 1.82) is 0 Å². The number of carbonyl (C=O) groups excluding carboxylic acids is 3. The maximum atomic E-state index is 12.3. The number of aldehydes is 3. The van der Waals surface area contributed by atoms with Gasteiger partial charge in [0.2, 0.25) is 23.5 Å². The monoisotopic (exact) mass is 956 g/mol. The van der Waals surface area contributed by atoms with Crippen LogP contribution in [0.1, 0.15) is 64.7 Å². The van der Waals surface area contributed by atoms with Crippen molar-refractivity contribution in [2.45, 2.75) is 40.0 Å². The molecule has 0 aliphatic heterocycles. The lowest BCUT2D eigenvalue weighted by Crippen LogP contribution is -2.08. The van der Waals surface area contributed by atoms with E-state index in [1.807, 2.05) is 38.4 Å². The SMILES string of the molecule is COc1cc(C=O)c(OCc2ccc(COc3cc(C=O)c(OCc4ccc(COc5cc(C=O)c(OCc6cccnc6-c6ccn(C)n6)cn5)nc4-c4nn[nH]n4)cn3)nc2-c2[nH]ncc2C)cn1. The summed E-state index contributed by atoms with van der Waals surface area (Å²) in [6, 6.07) is 17.0. The summed E-state index contributed by atoms with van der Waals surface area (Å²) in [7, 11) is 3.28. The number of H-pyrrole nitrogens is 2. The molecule has 0 radical (unpaired) electrons. The fourth-order valence-electron chi connectivity index (χ4n) is 7.02. The number of rotatable bonds is 22. The quantitative estimate of drug-likeness (QED) is 0.0773. The highest BCUT2D eigenvalue weighted by molar-refractivity contribution is 5.80. The number of aryl methyl sites for hydroxylation is 2. The van der Waals surface area contributed by atoms with Crippen molar-refractivity contribution in [2.24, 2.45) is 7.05 Å². The lowest BCUT2D eigenvalue weighted by molar-refractivity contribution is 0.111. The van der Waals surface area contributed by atoms with Crippen molar-refractivity contribution in [3.8, 4) is 69.2 Å². The summed E-state index contributed by atoms with van der Waals surface area (Å²) in [4.78, 5) is 63.1. The molecule has 0 aliphatic rings. The van der Waals surface area contributed by atoms with Crippen molar-refractivity contribution < 1.29 is 42.8 Å². The number of tetrazole rings is 1. The van der Waals surface area contributed by atoms with Crippen molar-refractivity contribution >= 4 is 18.9 Å². The van der Waals surface area contributed by atoms with Gasteiger partial charge in [0, 0.05) is 54.3 Å². The third-order valence-electron chi connectivity index (χ3n) is 10.6. The van der Waals surface area contributed by atoms with Crippen LogP contribution < -0.4 is 28.4 Å². The van der Waals surface area contributed by atoms with Crippen LogP contribution in [0.2, 0.25) is 0 Å². The lowest BCUT2D eigenvalue weighted by Gasteiger charge is -2.14. The number of pyridine rings is 6. The van der Waals surface area contributed by atoms with Gasteiger partial charge in [0.1, 0.15) is 61.7 Å². The zero-order valence-electron chi connectivity index (χ0n) is 38.0. The molecule has 0 bridgehead atoms. The molecule has 23 heteroatoms. The molecule has 23 nitrogen and oxygen atoms in total. The standard InChI is InChI=1S/C48H40N14O9/c1-28-16-53-56-44(28)46-30(24-68-38-17-50-41(66-3)13-32(38)20-63)6-8-35(54-46)26-70-42-15-34(22-65)40(19-52-42)69-25-31-7-9-36(55-47(31)48-57-60-61-58-48)27-71-43-14-33(21-64)39(18-51-43)67-23-29-5-4-11-49-45(29)37-10-12-62(2)59-37/h4-22H,23-27H2,1-3H3,(H,53,56)(H,57,58,60,61). The first-order chi connectivity index (χ1) is 34.8. The third-order valence-corrected chi connectivity index (χ3v) is 10.6. The summed E-state index contributed by atoms with van der Waals surface area (Å²) >= 11 is 0. The topological polar surface area (TPSA) is 285 Å². The van der Waals surface area contributed by atoms with Crippen LogP contribution in [0.15, 0.2) is 97.8 Å². The van der Waals surface area contributed by atoms with Crippen LogP contribution in [0, 0.1) is 6.92 Å². The van der Waals surface area contributed by atoms with Gasteiger partial charge in [-0.3, -0.25) is 29.1 Å². The highest BCUT2D eigenvalue weighted by Crippen LogP contribution is 2.30. The van der Waals surface area contributed by atoms with Gasteiger partial charge in [-0.25, -0.2) is 24.9 Å². The van der Waals surface area contributed by atoms with Crippen molar-refractivity contribution in [2.75, 3.05) is 7.11 Å². The Morgan fingerprint density at radius 3 is 1.70 bits per heavy atom. The molecule has 0 unspecified atom stereocenters. The molecule has 0 aliphatic carbocycles. The highest BCUT2D eigenvalue weighted by Gasteiger charge is 2.19. The zero-order valence-corrected chi connectivity index (χ0v) is 38.0. The summed E-state index contributed by atoms with van der Waals surface area (Å²) in [5.74, 6) is 1.51. The van der Waals surface area contributed by atoms with Crippen molar-refractivity contribution in [1.82, 2.24) is 70.5 Å². The van der Waals surface area contributed by atoms with Crippen LogP contribution in [0.5, 0.6) is 34.9 Å². The predicted octanol–water partition coefficient (Wildman–Crippen LogP) is 5.68. The maximum Gasteiger partial charge on any atom is 0.223 e. The molecule has 0 atom stereocenters. The molecule has 9 aromatic heterocycles. The van der Waals surface area contributed by atoms with E-state index in [1.54, 1.807) is 41.3 Å². The van der Waals surface area contributed by atoms with Gasteiger partial charge < -0.3 is 28.4 Å². The van der Waals surface area contributed by atoms with Crippen LogP contribution in [-0.2, 0) is 40.1 Å². The van der Waals surface area contributed by atoms with Gasteiger partial charge in [0.15, 0.2) is 18.9 Å². The number of aromatic nitrogens is 14. The van der Waals surface area contributed by atoms with E-state index in [4.69, 9.17) is 38.4 Å². The van der Waals surface area contributed by atoms with E-state index >= 15 is 0 Å². The largest absolute Gasteiger partial charge is 0.486 e. The van der Waals surface area contributed by atoms with Gasteiger partial charge in [-0.1, -0.05) is 18.2 Å². The van der Waals surface area contributed by atoms with Gasteiger partial charge in [0.25, 0.3) is 0 Å². The number of methoxy groups -OCH3 is 1. The second kappa shape index (κ2) is 21.4. The summed E-state index contributed by atoms with van der Waals surface area (Å²) in [6.45, 7) is 1.97. The van der Waals surface area contributed by atoms with E-state index in [-0.39, 0.29) is 90.4 Å². The van der Waals surface area contributed by atoms with Crippen molar-refractivity contribution in [3.05, 3.63) is 148 Å². The maximum absolute atomic E-state index is 12.3. The number of aromatic amines is 2. The van der Waals surface area contributed by atoms with Crippen LogP contribution in [0.4, 0.5) is 0 Å². The molecule has 0 spiro atoms. The Morgan fingerprint density at radius 2 is 1.18 bits per heavy atom. The molecule has 9 heterocycles. The first kappa shape index (κ1) is 46.3. The zero-order chi connectivity index (χ0) is 49.1. The van der Waals surface area contributed by atoms with Crippen LogP contribution in [-0.4, -0.2) is 96.5 Å². The number of hydrogen-bond acceptors (Lipinski definition) is 20. The Balaban J connectivity index is 0.838. The Hall–Kier alpha value is -9.80. The molecule has 2 N–H and O–H groups in total. The number of ether oxygens (including phenoxy) is 6. The average molecular weight is 957 g/mol. The normalized spacial score (nSPS) is 10.9. The fraction of sp³-hybridized carbons (Fsp3) is 0.167. The summed E-state index contributed by atoms with van der Waals surface area (Å²) < 4.78 is 36.8. The molecule has 0 saturated heterocycles. The second-order valence-corrected chi connectivity index (χ2v) is 15.4. The minimum atomic E-state index is -0.0595. The van der Waals surface area contributed by atoms with Gasteiger partial charge in [-0.15, -0.1) is 10.2 Å². The third kappa shape index (κ3) is 10.8. The number of nitrogens with zero attached hydrogens (tertiary/aromatic N) is 12. The molecule has 0 amide bonds. The van der Waals surface area contributed by atoms with E-state index in [2.05, 4.69) is 55.9 Å². The molecule has 0 fully saturated rings. The molecule has 0 saturated carbocycles. The number of hydrogen-bond donors (Lipinski definition) is 2. The molecular formula is C48H40N14O9. The average Bonchev–Trinajstić information content (AvgIpc) is 4.22. The second-order valence-electron chi connectivity index (χ2n) is 15.4. The predicted molar refractivity (Wildman–Crippen MR) is 247 cm³/mol. The van der Waals surface area contributed by atoms with E-state index < -0.39 is 0 Å². The Bertz CT molecular complexity index is 3340. The molecular weight excluding hydrogens is 917 g/mol. The van der Waals surface area contributed by atoms with E-state index in [0.717, 1.165) is 11.1 Å². The van der Waals surface area contributed by atoms with Crippen LogP contribution >= 0.6 is 0 Å². The van der Waals surface area contributed by atoms with Gasteiger partial charge in [0.05, 0.1) is 77.1 Å². The summed E-state index contributed by atoms with van der Waals surface area (Å²) in [5.41, 5.74) is 7.52. The van der Waals surface area contributed by atoms with E-state index in [1.165, 1.54) is 43.9 Å². The molecule has 9 rings (SSSR count). The Morgan fingerprint density at radius 1 is 0.620 bits per heavy atom. The number of nitrogens with one attached hydrogen (secondary N) is 2. The summed E-state index contributed by atoms with van der Waals surface area (Å²) in [6.07, 6.45) is 11.4. The molecule has 356 valence electrons. The molecule has 71 heavy (non-hydrogen) atoms.